The van der Waals surface area contributed by atoms with Crippen LogP contribution in [0, 0.1) is 0 Å². The van der Waals surface area contributed by atoms with E-state index in [0.717, 1.165) is 22.7 Å². The van der Waals surface area contributed by atoms with Crippen molar-refractivity contribution in [1.29, 1.82) is 0 Å². The molecule has 1 fully saturated rings. The third-order valence-electron chi connectivity index (χ3n) is 5.69. The number of furan rings is 1. The molecule has 0 N–H and O–H groups in total. The van der Waals surface area contributed by atoms with Gasteiger partial charge in [0.1, 0.15) is 0 Å². The second-order valence-electron chi connectivity index (χ2n) is 7.41. The van der Waals surface area contributed by atoms with Crippen LogP contribution < -0.4 is 14.4 Å². The third kappa shape index (κ3) is 3.41. The molecule has 9 nitrogen and oxygen atoms in total. The number of hydrogen-bond acceptors (Lipinski definition) is 7. The lowest BCUT2D eigenvalue weighted by molar-refractivity contribution is 0.0714. The number of fused-ring (bicyclic) bond motifs is 1. The normalized spacial score (nSPS) is 14.1. The van der Waals surface area contributed by atoms with E-state index in [9.17, 15) is 4.79 Å². The van der Waals surface area contributed by atoms with Crippen molar-refractivity contribution in [2.75, 3.05) is 45.3 Å². The molecule has 4 heterocycles. The molecule has 1 aromatic carbocycles. The number of carbonyl (C=O) groups is 1. The van der Waals surface area contributed by atoms with Gasteiger partial charge < -0.3 is 23.7 Å². The molecule has 0 bridgehead atoms. The van der Waals surface area contributed by atoms with Gasteiger partial charge in [-0.15, -0.1) is 0 Å². The highest BCUT2D eigenvalue weighted by Crippen LogP contribution is 2.33. The molecule has 0 spiro atoms. The van der Waals surface area contributed by atoms with E-state index in [1.165, 1.54) is 6.26 Å². The Morgan fingerprint density at radius 1 is 1.03 bits per heavy atom. The molecule has 32 heavy (non-hydrogen) atoms. The predicted octanol–water partition coefficient (Wildman–Crippen LogP) is 2.97. The van der Waals surface area contributed by atoms with E-state index in [1.54, 1.807) is 37.4 Å². The number of nitrogens with zero attached hydrogens (tertiary/aromatic N) is 5. The zero-order chi connectivity index (χ0) is 22.1. The molecule has 0 radical (unpaired) electrons. The van der Waals surface area contributed by atoms with Gasteiger partial charge in [-0.25, -0.2) is 9.97 Å². The zero-order valence-electron chi connectivity index (χ0n) is 17.9. The topological polar surface area (TPSA) is 85.3 Å². The summed E-state index contributed by atoms with van der Waals surface area (Å²) in [5, 5.41) is 0. The summed E-state index contributed by atoms with van der Waals surface area (Å²) in [5.74, 6) is 2.41. The first-order valence-electron chi connectivity index (χ1n) is 10.3. The van der Waals surface area contributed by atoms with Gasteiger partial charge in [-0.1, -0.05) is 0 Å². The molecule has 1 saturated heterocycles. The number of piperazine rings is 1. The Morgan fingerprint density at radius 2 is 1.84 bits per heavy atom. The first-order valence-corrected chi connectivity index (χ1v) is 10.3. The molecule has 1 aliphatic rings. The first kappa shape index (κ1) is 19.9. The number of methoxy groups -OCH3 is 2. The summed E-state index contributed by atoms with van der Waals surface area (Å²) < 4.78 is 18.1. The maximum atomic E-state index is 12.5. The smallest absolute Gasteiger partial charge is 0.289 e. The van der Waals surface area contributed by atoms with Crippen LogP contribution in [0.25, 0.3) is 16.9 Å². The van der Waals surface area contributed by atoms with Gasteiger partial charge in [-0.2, -0.15) is 0 Å². The van der Waals surface area contributed by atoms with Crippen molar-refractivity contribution in [2.24, 2.45) is 0 Å². The summed E-state index contributed by atoms with van der Waals surface area (Å²) in [4.78, 5) is 25.7. The van der Waals surface area contributed by atoms with Crippen LogP contribution in [0.5, 0.6) is 11.5 Å². The molecule has 0 aliphatic carbocycles. The summed E-state index contributed by atoms with van der Waals surface area (Å²) in [7, 11) is 3.24. The predicted molar refractivity (Wildman–Crippen MR) is 118 cm³/mol. The molecule has 164 valence electrons. The van der Waals surface area contributed by atoms with E-state index < -0.39 is 0 Å². The minimum Gasteiger partial charge on any atom is -0.493 e. The first-order chi connectivity index (χ1) is 15.7. The Kier molecular flexibility index (Phi) is 5.14. The molecular weight excluding hydrogens is 410 g/mol. The van der Waals surface area contributed by atoms with Crippen LogP contribution in [0.2, 0.25) is 0 Å². The molecule has 9 heteroatoms. The minimum absolute atomic E-state index is 0.0858. The highest BCUT2D eigenvalue weighted by molar-refractivity contribution is 5.91. The van der Waals surface area contributed by atoms with Crippen molar-refractivity contribution in [1.82, 2.24) is 19.3 Å². The van der Waals surface area contributed by atoms with Gasteiger partial charge in [0.2, 0.25) is 0 Å². The van der Waals surface area contributed by atoms with Crippen molar-refractivity contribution < 1.29 is 18.7 Å². The van der Waals surface area contributed by atoms with Crippen molar-refractivity contribution in [2.45, 2.75) is 0 Å². The van der Waals surface area contributed by atoms with E-state index in [2.05, 4.69) is 14.9 Å². The second-order valence-corrected chi connectivity index (χ2v) is 7.41. The van der Waals surface area contributed by atoms with E-state index in [4.69, 9.17) is 13.9 Å². The Bertz CT molecular complexity index is 1240. The summed E-state index contributed by atoms with van der Waals surface area (Å²) in [5.41, 5.74) is 2.65. The summed E-state index contributed by atoms with van der Waals surface area (Å²) in [6.45, 7) is 2.51. The van der Waals surface area contributed by atoms with Gasteiger partial charge in [-0.05, 0) is 30.3 Å². The number of hydrogen-bond donors (Lipinski definition) is 0. The SMILES string of the molecule is COc1ccc(-c2cnc3c(N4CCN(C(=O)c5ccco5)CC4)nccn23)cc1OC. The van der Waals surface area contributed by atoms with Gasteiger partial charge in [-0.3, -0.25) is 9.20 Å². The fraction of sp³-hybridized carbons (Fsp3) is 0.261. The van der Waals surface area contributed by atoms with Crippen LogP contribution in [0.1, 0.15) is 10.6 Å². The number of amides is 1. The van der Waals surface area contributed by atoms with E-state index in [1.807, 2.05) is 35.0 Å². The molecule has 1 aliphatic heterocycles. The number of aromatic nitrogens is 3. The Hall–Kier alpha value is -4.01. The average Bonchev–Trinajstić information content (AvgIpc) is 3.53. The van der Waals surface area contributed by atoms with E-state index in [0.29, 0.717) is 43.4 Å². The lowest BCUT2D eigenvalue weighted by atomic mass is 10.1. The standard InChI is InChI=1S/C23H23N5O4/c1-30-18-6-5-16(14-20(18)31-2)17-15-25-22-21(24-7-8-28(17)22)26-9-11-27(12-10-26)23(29)19-4-3-13-32-19/h3-8,13-15H,9-12H2,1-2H3. The van der Waals surface area contributed by atoms with Gasteiger partial charge in [0, 0.05) is 44.1 Å². The monoisotopic (exact) mass is 433 g/mol. The number of carbonyl (C=O) groups excluding carboxylic acids is 1. The number of imidazole rings is 1. The molecular formula is C23H23N5O4. The second kappa shape index (κ2) is 8.26. The Morgan fingerprint density at radius 3 is 2.56 bits per heavy atom. The highest BCUT2D eigenvalue weighted by atomic mass is 16.5. The fourth-order valence-corrected chi connectivity index (χ4v) is 4.02. The van der Waals surface area contributed by atoms with Crippen LogP contribution in [-0.4, -0.2) is 65.6 Å². The van der Waals surface area contributed by atoms with Crippen LogP contribution in [-0.2, 0) is 0 Å². The van der Waals surface area contributed by atoms with Crippen molar-refractivity contribution >= 4 is 17.4 Å². The maximum Gasteiger partial charge on any atom is 0.289 e. The largest absolute Gasteiger partial charge is 0.493 e. The van der Waals surface area contributed by atoms with Crippen LogP contribution in [0.3, 0.4) is 0 Å². The van der Waals surface area contributed by atoms with Gasteiger partial charge in [0.15, 0.2) is 28.7 Å². The molecule has 0 saturated carbocycles. The summed E-state index contributed by atoms with van der Waals surface area (Å²) in [6.07, 6.45) is 7.02. The van der Waals surface area contributed by atoms with Crippen molar-refractivity contribution in [3.8, 4) is 22.8 Å². The minimum atomic E-state index is -0.0858. The molecule has 5 rings (SSSR count). The quantitative estimate of drug-likeness (QED) is 0.478. The maximum absolute atomic E-state index is 12.5. The fourth-order valence-electron chi connectivity index (χ4n) is 4.02. The molecule has 4 aromatic rings. The lowest BCUT2D eigenvalue weighted by Crippen LogP contribution is -2.49. The molecule has 0 atom stereocenters. The Labute approximate surface area is 184 Å². The van der Waals surface area contributed by atoms with Gasteiger partial charge in [0.05, 0.1) is 32.4 Å². The van der Waals surface area contributed by atoms with Gasteiger partial charge >= 0.3 is 0 Å². The number of anilines is 1. The number of benzene rings is 1. The van der Waals surface area contributed by atoms with Gasteiger partial charge in [0.25, 0.3) is 5.91 Å². The van der Waals surface area contributed by atoms with Crippen molar-refractivity contribution in [3.63, 3.8) is 0 Å². The lowest BCUT2D eigenvalue weighted by Gasteiger charge is -2.35. The van der Waals surface area contributed by atoms with E-state index >= 15 is 0 Å². The van der Waals surface area contributed by atoms with Crippen LogP contribution in [0.4, 0.5) is 5.82 Å². The third-order valence-corrected chi connectivity index (χ3v) is 5.69. The number of ether oxygens (including phenoxy) is 2. The molecule has 3 aromatic heterocycles. The van der Waals surface area contributed by atoms with Crippen LogP contribution >= 0.6 is 0 Å². The highest BCUT2D eigenvalue weighted by Gasteiger charge is 2.26. The zero-order valence-corrected chi connectivity index (χ0v) is 17.9. The molecule has 1 amide bonds. The number of rotatable bonds is 5. The molecule has 0 unspecified atom stereocenters. The van der Waals surface area contributed by atoms with Crippen LogP contribution in [0.15, 0.2) is 59.6 Å². The summed E-state index contributed by atoms with van der Waals surface area (Å²) >= 11 is 0. The Balaban J connectivity index is 1.40. The van der Waals surface area contributed by atoms with E-state index in [-0.39, 0.29) is 5.91 Å². The van der Waals surface area contributed by atoms with Crippen molar-refractivity contribution in [3.05, 3.63) is 60.9 Å². The average molecular weight is 433 g/mol. The summed E-state index contributed by atoms with van der Waals surface area (Å²) in [6, 6.07) is 9.20.